The smallest absolute Gasteiger partial charge is 0.147 e. The molecular formula is C15H19N5. The van der Waals surface area contributed by atoms with Crippen molar-refractivity contribution in [1.29, 1.82) is 0 Å². The summed E-state index contributed by atoms with van der Waals surface area (Å²) in [6, 6.07) is 2.12. The van der Waals surface area contributed by atoms with Crippen molar-refractivity contribution in [1.82, 2.24) is 19.9 Å². The average molecular weight is 269 g/mol. The van der Waals surface area contributed by atoms with E-state index in [1.807, 2.05) is 18.6 Å². The van der Waals surface area contributed by atoms with Gasteiger partial charge in [0.2, 0.25) is 0 Å². The molecule has 0 radical (unpaired) electrons. The van der Waals surface area contributed by atoms with Crippen LogP contribution in [0.2, 0.25) is 0 Å². The molecule has 0 unspecified atom stereocenters. The Labute approximate surface area is 119 Å². The zero-order valence-electron chi connectivity index (χ0n) is 11.7. The molecule has 5 heteroatoms. The Balaban J connectivity index is 1.58. The van der Waals surface area contributed by atoms with Crippen molar-refractivity contribution in [3.63, 3.8) is 0 Å². The molecule has 3 heterocycles. The van der Waals surface area contributed by atoms with Crippen molar-refractivity contribution in [3.8, 4) is 0 Å². The van der Waals surface area contributed by atoms with Crippen molar-refractivity contribution < 1.29 is 0 Å². The molecule has 5 nitrogen and oxygen atoms in total. The summed E-state index contributed by atoms with van der Waals surface area (Å²) in [5.74, 6) is 0.979. The van der Waals surface area contributed by atoms with Gasteiger partial charge in [0.1, 0.15) is 5.82 Å². The highest BCUT2D eigenvalue weighted by Crippen LogP contribution is 2.14. The molecule has 104 valence electrons. The molecule has 0 bridgehead atoms. The minimum Gasteiger partial charge on any atom is -0.353 e. The number of aryl methyl sites for hydroxylation is 1. The van der Waals surface area contributed by atoms with Crippen molar-refractivity contribution in [2.75, 3.05) is 31.1 Å². The van der Waals surface area contributed by atoms with Crippen LogP contribution < -0.4 is 4.90 Å². The van der Waals surface area contributed by atoms with Crippen molar-refractivity contribution >= 4 is 5.82 Å². The van der Waals surface area contributed by atoms with E-state index < -0.39 is 0 Å². The zero-order valence-corrected chi connectivity index (χ0v) is 11.7. The van der Waals surface area contributed by atoms with Crippen LogP contribution in [0.25, 0.3) is 0 Å². The molecule has 0 aliphatic carbocycles. The van der Waals surface area contributed by atoms with Crippen LogP contribution >= 0.6 is 0 Å². The maximum Gasteiger partial charge on any atom is 0.147 e. The summed E-state index contributed by atoms with van der Waals surface area (Å²) in [6.45, 7) is 7.24. The van der Waals surface area contributed by atoms with Crippen molar-refractivity contribution in [2.45, 2.75) is 13.5 Å². The number of hydrogen-bond acceptors (Lipinski definition) is 5. The van der Waals surface area contributed by atoms with Crippen LogP contribution in [-0.2, 0) is 6.54 Å². The summed E-state index contributed by atoms with van der Waals surface area (Å²) in [6.07, 6.45) is 9.11. The van der Waals surface area contributed by atoms with Gasteiger partial charge < -0.3 is 4.90 Å². The lowest BCUT2D eigenvalue weighted by molar-refractivity contribution is 0.249. The topological polar surface area (TPSA) is 45.2 Å². The van der Waals surface area contributed by atoms with Crippen LogP contribution in [0, 0.1) is 6.92 Å². The number of rotatable bonds is 3. The summed E-state index contributed by atoms with van der Waals surface area (Å²) in [4.78, 5) is 17.4. The average Bonchev–Trinajstić information content (AvgIpc) is 2.51. The quantitative estimate of drug-likeness (QED) is 0.845. The number of aromatic nitrogens is 3. The Hall–Kier alpha value is -2.01. The minimum absolute atomic E-state index is 0.979. The summed E-state index contributed by atoms with van der Waals surface area (Å²) in [7, 11) is 0. The molecule has 3 rings (SSSR count). The summed E-state index contributed by atoms with van der Waals surface area (Å²) in [5.41, 5.74) is 2.64. The molecule has 1 saturated heterocycles. The van der Waals surface area contributed by atoms with E-state index in [4.69, 9.17) is 0 Å². The first-order valence-electron chi connectivity index (χ1n) is 6.96. The first-order valence-corrected chi connectivity index (χ1v) is 6.96. The fraction of sp³-hybridized carbons (Fsp3) is 0.400. The van der Waals surface area contributed by atoms with Crippen LogP contribution in [0.1, 0.15) is 11.1 Å². The van der Waals surface area contributed by atoms with E-state index in [9.17, 15) is 0 Å². The fourth-order valence-corrected chi connectivity index (χ4v) is 2.51. The van der Waals surface area contributed by atoms with Gasteiger partial charge in [0.05, 0.1) is 6.20 Å². The number of piperazine rings is 1. The van der Waals surface area contributed by atoms with Crippen LogP contribution in [0.15, 0.2) is 37.1 Å². The highest BCUT2D eigenvalue weighted by Gasteiger charge is 2.18. The molecule has 2 aromatic heterocycles. The maximum atomic E-state index is 4.36. The van der Waals surface area contributed by atoms with E-state index in [0.717, 1.165) is 38.5 Å². The van der Waals surface area contributed by atoms with Crippen molar-refractivity contribution in [3.05, 3.63) is 48.2 Å². The standard InChI is InChI=1S/C15H19N5/c1-13-10-16-3-2-14(13)12-19-6-8-20(9-7-19)15-11-17-4-5-18-15/h2-5,10-11H,6-9,12H2,1H3. The van der Waals surface area contributed by atoms with Gasteiger partial charge in [0.25, 0.3) is 0 Å². The number of hydrogen-bond donors (Lipinski definition) is 0. The van der Waals surface area contributed by atoms with Gasteiger partial charge >= 0.3 is 0 Å². The van der Waals surface area contributed by atoms with E-state index in [2.05, 4.69) is 37.7 Å². The lowest BCUT2D eigenvalue weighted by atomic mass is 10.1. The van der Waals surface area contributed by atoms with E-state index in [-0.39, 0.29) is 0 Å². The highest BCUT2D eigenvalue weighted by atomic mass is 15.3. The first kappa shape index (κ1) is 13.0. The Morgan fingerprint density at radius 3 is 2.50 bits per heavy atom. The van der Waals surface area contributed by atoms with E-state index >= 15 is 0 Å². The second kappa shape index (κ2) is 5.96. The van der Waals surface area contributed by atoms with Crippen LogP contribution in [0.3, 0.4) is 0 Å². The number of anilines is 1. The lowest BCUT2D eigenvalue weighted by Crippen LogP contribution is -2.46. The molecule has 0 spiro atoms. The predicted octanol–water partition coefficient (Wildman–Crippen LogP) is 1.50. The van der Waals surface area contributed by atoms with Gasteiger partial charge in [0.15, 0.2) is 0 Å². The van der Waals surface area contributed by atoms with Gasteiger partial charge in [-0.1, -0.05) is 0 Å². The molecule has 1 aliphatic rings. The van der Waals surface area contributed by atoms with Gasteiger partial charge in [-0.25, -0.2) is 4.98 Å². The second-order valence-electron chi connectivity index (χ2n) is 5.13. The van der Waals surface area contributed by atoms with Crippen LogP contribution in [-0.4, -0.2) is 46.0 Å². The molecule has 0 aromatic carbocycles. The second-order valence-corrected chi connectivity index (χ2v) is 5.13. The zero-order chi connectivity index (χ0) is 13.8. The Bertz CT molecular complexity index is 549. The first-order chi connectivity index (χ1) is 9.83. The highest BCUT2D eigenvalue weighted by molar-refractivity contribution is 5.35. The Kier molecular flexibility index (Phi) is 3.87. The lowest BCUT2D eigenvalue weighted by Gasteiger charge is -2.35. The van der Waals surface area contributed by atoms with E-state index in [1.165, 1.54) is 11.1 Å². The Morgan fingerprint density at radius 2 is 1.80 bits per heavy atom. The van der Waals surface area contributed by atoms with E-state index in [0.29, 0.717) is 0 Å². The van der Waals surface area contributed by atoms with Gasteiger partial charge in [-0.2, -0.15) is 0 Å². The molecule has 1 aliphatic heterocycles. The van der Waals surface area contributed by atoms with Crippen LogP contribution in [0.4, 0.5) is 5.82 Å². The van der Waals surface area contributed by atoms with Gasteiger partial charge in [0, 0.05) is 57.5 Å². The minimum atomic E-state index is 0.979. The number of pyridine rings is 1. The summed E-state index contributed by atoms with van der Waals surface area (Å²) in [5, 5.41) is 0. The molecule has 0 amide bonds. The molecule has 1 fully saturated rings. The third-order valence-corrected chi connectivity index (χ3v) is 3.78. The summed E-state index contributed by atoms with van der Waals surface area (Å²) >= 11 is 0. The molecule has 2 aromatic rings. The van der Waals surface area contributed by atoms with Gasteiger partial charge in [-0.3, -0.25) is 14.9 Å². The molecule has 0 atom stereocenters. The third kappa shape index (κ3) is 2.93. The molecular weight excluding hydrogens is 250 g/mol. The fourth-order valence-electron chi connectivity index (χ4n) is 2.51. The largest absolute Gasteiger partial charge is 0.353 e. The van der Waals surface area contributed by atoms with Gasteiger partial charge in [-0.05, 0) is 24.1 Å². The predicted molar refractivity (Wildman–Crippen MR) is 78.5 cm³/mol. The Morgan fingerprint density at radius 1 is 1.00 bits per heavy atom. The molecule has 0 N–H and O–H groups in total. The number of nitrogens with zero attached hydrogens (tertiary/aromatic N) is 5. The summed E-state index contributed by atoms with van der Waals surface area (Å²) < 4.78 is 0. The van der Waals surface area contributed by atoms with Crippen LogP contribution in [0.5, 0.6) is 0 Å². The van der Waals surface area contributed by atoms with E-state index in [1.54, 1.807) is 12.4 Å². The molecule has 20 heavy (non-hydrogen) atoms. The molecule has 0 saturated carbocycles. The van der Waals surface area contributed by atoms with Crippen molar-refractivity contribution in [2.24, 2.45) is 0 Å². The maximum absolute atomic E-state index is 4.36. The third-order valence-electron chi connectivity index (χ3n) is 3.78. The monoisotopic (exact) mass is 269 g/mol. The SMILES string of the molecule is Cc1cnccc1CN1CCN(c2cnccn2)CC1. The van der Waals surface area contributed by atoms with Gasteiger partial charge in [-0.15, -0.1) is 0 Å². The normalized spacial score (nSPS) is 16.4.